The minimum Gasteiger partial charge on any atom is -0.484 e. The van der Waals surface area contributed by atoms with Gasteiger partial charge in [0.2, 0.25) is 0 Å². The van der Waals surface area contributed by atoms with Crippen LogP contribution in [0.15, 0.2) is 42.5 Å². The quantitative estimate of drug-likeness (QED) is 0.915. The summed E-state index contributed by atoms with van der Waals surface area (Å²) in [6.45, 7) is -0.163. The molecule has 2 aliphatic rings. The van der Waals surface area contributed by atoms with Gasteiger partial charge in [0, 0.05) is 24.6 Å². The van der Waals surface area contributed by atoms with Crippen molar-refractivity contribution in [3.63, 3.8) is 0 Å². The molecule has 130 valence electrons. The summed E-state index contributed by atoms with van der Waals surface area (Å²) >= 11 is 0. The first-order chi connectivity index (χ1) is 12.1. The minimum atomic E-state index is -0.517. The highest BCUT2D eigenvalue weighted by molar-refractivity contribution is 5.92. The van der Waals surface area contributed by atoms with E-state index < -0.39 is 5.79 Å². The van der Waals surface area contributed by atoms with Gasteiger partial charge in [0.25, 0.3) is 11.7 Å². The Morgan fingerprint density at radius 1 is 1.08 bits per heavy atom. The highest BCUT2D eigenvalue weighted by atomic mass is 19.1. The van der Waals surface area contributed by atoms with E-state index in [-0.39, 0.29) is 18.3 Å². The molecule has 6 heteroatoms. The molecule has 0 atom stereocenters. The summed E-state index contributed by atoms with van der Waals surface area (Å²) in [6, 6.07) is 10.9. The normalized spacial score (nSPS) is 16.8. The Morgan fingerprint density at radius 3 is 2.56 bits per heavy atom. The fourth-order valence-electron chi connectivity index (χ4n) is 3.17. The summed E-state index contributed by atoms with van der Waals surface area (Å²) in [5, 5.41) is 2.76. The Labute approximate surface area is 144 Å². The maximum atomic E-state index is 12.8. The first-order valence-electron chi connectivity index (χ1n) is 8.32. The van der Waals surface area contributed by atoms with Gasteiger partial charge < -0.3 is 19.5 Å². The fraction of sp³-hybridized carbons (Fsp3) is 0.316. The van der Waals surface area contributed by atoms with E-state index in [9.17, 15) is 9.18 Å². The molecule has 0 aromatic heterocycles. The molecule has 25 heavy (non-hydrogen) atoms. The highest BCUT2D eigenvalue weighted by Crippen LogP contribution is 2.47. The maximum absolute atomic E-state index is 12.8. The van der Waals surface area contributed by atoms with Crippen LogP contribution in [0.1, 0.15) is 25.7 Å². The van der Waals surface area contributed by atoms with E-state index in [4.69, 9.17) is 14.2 Å². The Kier molecular flexibility index (Phi) is 3.95. The van der Waals surface area contributed by atoms with Crippen molar-refractivity contribution >= 4 is 11.6 Å². The van der Waals surface area contributed by atoms with Gasteiger partial charge in [0.05, 0.1) is 0 Å². The molecule has 2 aromatic carbocycles. The van der Waals surface area contributed by atoms with Crippen LogP contribution in [0, 0.1) is 5.82 Å². The van der Waals surface area contributed by atoms with E-state index in [0.29, 0.717) is 22.9 Å². The number of ether oxygens (including phenoxy) is 3. The maximum Gasteiger partial charge on any atom is 0.262 e. The standard InChI is InChI=1S/C19H18FNO4/c20-13-3-6-15(7-4-13)23-12-18(22)21-14-5-8-16-17(11-14)25-19(24-16)9-1-2-10-19/h3-8,11H,1-2,9-10,12H2,(H,21,22). The van der Waals surface area contributed by atoms with Crippen molar-refractivity contribution in [1.29, 1.82) is 0 Å². The third kappa shape index (κ3) is 3.38. The van der Waals surface area contributed by atoms with Gasteiger partial charge in [-0.05, 0) is 49.2 Å². The largest absolute Gasteiger partial charge is 0.484 e. The number of halogens is 1. The summed E-state index contributed by atoms with van der Waals surface area (Å²) in [4.78, 5) is 12.0. The van der Waals surface area contributed by atoms with E-state index >= 15 is 0 Å². The zero-order valence-electron chi connectivity index (χ0n) is 13.6. The number of amides is 1. The molecule has 0 saturated heterocycles. The Morgan fingerprint density at radius 2 is 1.80 bits per heavy atom. The molecule has 1 N–H and O–H groups in total. The van der Waals surface area contributed by atoms with Crippen LogP contribution in [-0.2, 0) is 4.79 Å². The molecular formula is C19H18FNO4. The van der Waals surface area contributed by atoms with Crippen molar-refractivity contribution in [2.24, 2.45) is 0 Å². The molecule has 4 rings (SSSR count). The van der Waals surface area contributed by atoms with Crippen LogP contribution >= 0.6 is 0 Å². The van der Waals surface area contributed by atoms with Crippen LogP contribution in [0.4, 0.5) is 10.1 Å². The van der Waals surface area contributed by atoms with Crippen molar-refractivity contribution in [2.75, 3.05) is 11.9 Å². The van der Waals surface area contributed by atoms with E-state index in [1.54, 1.807) is 18.2 Å². The molecule has 1 heterocycles. The topological polar surface area (TPSA) is 56.8 Å². The fourth-order valence-corrected chi connectivity index (χ4v) is 3.17. The molecule has 1 amide bonds. The van der Waals surface area contributed by atoms with Gasteiger partial charge in [-0.3, -0.25) is 4.79 Å². The minimum absolute atomic E-state index is 0.163. The van der Waals surface area contributed by atoms with Crippen LogP contribution in [0.5, 0.6) is 17.2 Å². The van der Waals surface area contributed by atoms with Gasteiger partial charge in [-0.25, -0.2) is 4.39 Å². The lowest BCUT2D eigenvalue weighted by Gasteiger charge is -2.21. The second-order valence-corrected chi connectivity index (χ2v) is 6.27. The number of rotatable bonds is 4. The molecule has 5 nitrogen and oxygen atoms in total. The monoisotopic (exact) mass is 343 g/mol. The number of hydrogen-bond donors (Lipinski definition) is 1. The molecule has 0 radical (unpaired) electrons. The van der Waals surface area contributed by atoms with Gasteiger partial charge in [0.15, 0.2) is 18.1 Å². The zero-order chi connectivity index (χ0) is 17.3. The lowest BCUT2D eigenvalue weighted by atomic mass is 10.2. The van der Waals surface area contributed by atoms with E-state index in [0.717, 1.165) is 25.7 Å². The average Bonchev–Trinajstić information content (AvgIpc) is 3.20. The summed E-state index contributed by atoms with van der Waals surface area (Å²) < 4.78 is 30.1. The second kappa shape index (κ2) is 6.27. The number of nitrogens with one attached hydrogen (secondary N) is 1. The molecular weight excluding hydrogens is 325 g/mol. The number of carbonyl (C=O) groups is 1. The van der Waals surface area contributed by atoms with Gasteiger partial charge >= 0.3 is 0 Å². The number of fused-ring (bicyclic) bond motifs is 1. The summed E-state index contributed by atoms with van der Waals surface area (Å²) in [5.74, 6) is 0.624. The number of anilines is 1. The Balaban J connectivity index is 1.35. The first-order valence-corrected chi connectivity index (χ1v) is 8.32. The van der Waals surface area contributed by atoms with Gasteiger partial charge in [-0.15, -0.1) is 0 Å². The smallest absolute Gasteiger partial charge is 0.262 e. The first kappa shape index (κ1) is 15.7. The van der Waals surface area contributed by atoms with Gasteiger partial charge in [-0.1, -0.05) is 0 Å². The molecule has 1 spiro atoms. The zero-order valence-corrected chi connectivity index (χ0v) is 13.6. The average molecular weight is 343 g/mol. The number of benzene rings is 2. The highest BCUT2D eigenvalue weighted by Gasteiger charge is 2.44. The summed E-state index contributed by atoms with van der Waals surface area (Å²) in [7, 11) is 0. The lowest BCUT2D eigenvalue weighted by Crippen LogP contribution is -2.34. The SMILES string of the molecule is O=C(COc1ccc(F)cc1)Nc1ccc2c(c1)OC1(CCCC1)O2. The summed E-state index contributed by atoms with van der Waals surface area (Å²) in [6.07, 6.45) is 3.96. The van der Waals surface area contributed by atoms with Crippen LogP contribution in [0.25, 0.3) is 0 Å². The Hall–Kier alpha value is -2.76. The van der Waals surface area contributed by atoms with Crippen LogP contribution in [0.2, 0.25) is 0 Å². The van der Waals surface area contributed by atoms with Crippen molar-refractivity contribution in [1.82, 2.24) is 0 Å². The van der Waals surface area contributed by atoms with E-state index in [1.807, 2.05) is 0 Å². The van der Waals surface area contributed by atoms with Crippen LogP contribution in [-0.4, -0.2) is 18.3 Å². The molecule has 2 aromatic rings. The van der Waals surface area contributed by atoms with Crippen molar-refractivity contribution in [3.8, 4) is 17.2 Å². The predicted molar refractivity (Wildman–Crippen MR) is 89.4 cm³/mol. The molecule has 1 fully saturated rings. The Bertz CT molecular complexity index is 785. The van der Waals surface area contributed by atoms with Crippen molar-refractivity contribution in [3.05, 3.63) is 48.3 Å². The molecule has 1 saturated carbocycles. The van der Waals surface area contributed by atoms with Crippen molar-refractivity contribution < 1.29 is 23.4 Å². The van der Waals surface area contributed by atoms with Crippen LogP contribution < -0.4 is 19.5 Å². The van der Waals surface area contributed by atoms with Crippen molar-refractivity contribution in [2.45, 2.75) is 31.5 Å². The van der Waals surface area contributed by atoms with Gasteiger partial charge in [0.1, 0.15) is 11.6 Å². The second-order valence-electron chi connectivity index (χ2n) is 6.27. The predicted octanol–water partition coefficient (Wildman–Crippen LogP) is 3.88. The third-order valence-electron chi connectivity index (χ3n) is 4.37. The number of hydrogen-bond acceptors (Lipinski definition) is 4. The molecule has 1 aliphatic heterocycles. The molecule has 0 unspecified atom stereocenters. The third-order valence-corrected chi connectivity index (χ3v) is 4.37. The van der Waals surface area contributed by atoms with Crippen LogP contribution in [0.3, 0.4) is 0 Å². The lowest BCUT2D eigenvalue weighted by molar-refractivity contribution is -0.118. The van der Waals surface area contributed by atoms with E-state index in [1.165, 1.54) is 24.3 Å². The number of carbonyl (C=O) groups excluding carboxylic acids is 1. The molecule has 1 aliphatic carbocycles. The molecule has 0 bridgehead atoms. The summed E-state index contributed by atoms with van der Waals surface area (Å²) in [5.41, 5.74) is 0.616. The van der Waals surface area contributed by atoms with E-state index in [2.05, 4.69) is 5.32 Å². The van der Waals surface area contributed by atoms with Gasteiger partial charge in [-0.2, -0.15) is 0 Å².